The standard InChI is InChI=1S/C40H46N6O12/c1-39(2,3)46(38(55)58-17-57-37(54)24-14-18-10-8-9-11-22(18)42-24)16-26(47)43-23-15-25(44(4)5)20-12-19-13-21-30(45(6)7)33(50)29(36(41)53)35(52)40(21,56)34(51)27(19)32(49)28(20)31(23)48/h8-11,14-15,19,21,30,42,48-49,52,56H,12-13,16-17H2,1-7H3,(H2,41,53)(H,43,47)/t19-,21-,30-,40-/m0/s1. The summed E-state index contributed by atoms with van der Waals surface area (Å²) in [6.07, 6.45) is -1.06. The number of rotatable bonds is 9. The molecule has 1 aromatic heterocycles. The third-order valence-electron chi connectivity index (χ3n) is 10.9. The maximum atomic E-state index is 14.3. The summed E-state index contributed by atoms with van der Waals surface area (Å²) >= 11 is 0. The van der Waals surface area contributed by atoms with E-state index in [4.69, 9.17) is 15.2 Å². The van der Waals surface area contributed by atoms with Gasteiger partial charge in [-0.2, -0.15) is 0 Å². The lowest BCUT2D eigenvalue weighted by molar-refractivity contribution is -0.153. The van der Waals surface area contributed by atoms with E-state index in [-0.39, 0.29) is 35.4 Å². The number of benzene rings is 2. The molecule has 58 heavy (non-hydrogen) atoms. The summed E-state index contributed by atoms with van der Waals surface area (Å²) in [5.74, 6) is -9.61. The summed E-state index contributed by atoms with van der Waals surface area (Å²) in [6, 6.07) is 9.01. The number of nitrogens with zero attached hydrogens (tertiary/aromatic N) is 3. The molecule has 1 fully saturated rings. The predicted octanol–water partition coefficient (Wildman–Crippen LogP) is 2.50. The molecule has 8 N–H and O–H groups in total. The average molecular weight is 803 g/mol. The first-order valence-corrected chi connectivity index (χ1v) is 18.3. The van der Waals surface area contributed by atoms with Crippen molar-refractivity contribution in [2.45, 2.75) is 50.8 Å². The van der Waals surface area contributed by atoms with Crippen molar-refractivity contribution in [3.63, 3.8) is 0 Å². The number of carbonyl (C=O) groups is 6. The van der Waals surface area contributed by atoms with E-state index in [1.54, 1.807) is 58.0 Å². The number of Topliss-reactive ketones (excluding diaryl/α,β-unsaturated/α-hetero) is 2. The third-order valence-corrected chi connectivity index (χ3v) is 10.9. The highest BCUT2D eigenvalue weighted by Gasteiger charge is 2.64. The van der Waals surface area contributed by atoms with Crippen LogP contribution in [0.3, 0.4) is 0 Å². The molecule has 0 radical (unpaired) electrons. The number of likely N-dealkylation sites (N-methyl/N-ethyl adjacent to an activating group) is 1. The first-order valence-electron chi connectivity index (χ1n) is 18.3. The van der Waals surface area contributed by atoms with E-state index in [1.807, 2.05) is 12.1 Å². The number of phenols is 1. The van der Waals surface area contributed by atoms with Gasteiger partial charge in [-0.3, -0.25) is 29.0 Å². The SMILES string of the molecule is CN(C)c1cc(NC(=O)CN(C(=O)OCOC(=O)c2cc3ccccc3[nH]2)C(C)(C)C)c(O)c2c1C[C@H]1C[C@H]3[C@H](N(C)C)C(=O)C(C(N)=O)=C(O)[C@@]3(O)C(=O)C1=C2O. The van der Waals surface area contributed by atoms with Gasteiger partial charge in [0.05, 0.1) is 17.3 Å². The van der Waals surface area contributed by atoms with Crippen LogP contribution < -0.4 is 16.0 Å². The minimum atomic E-state index is -2.82. The summed E-state index contributed by atoms with van der Waals surface area (Å²) in [4.78, 5) is 86.5. The number of hydrogen-bond donors (Lipinski definition) is 7. The van der Waals surface area contributed by atoms with Gasteiger partial charge in [-0.25, -0.2) is 9.59 Å². The van der Waals surface area contributed by atoms with E-state index in [1.165, 1.54) is 25.1 Å². The number of ether oxygens (including phenoxy) is 2. The second-order valence-electron chi connectivity index (χ2n) is 16.0. The maximum Gasteiger partial charge on any atom is 0.413 e. The summed E-state index contributed by atoms with van der Waals surface area (Å²) in [6.45, 7) is 3.56. The summed E-state index contributed by atoms with van der Waals surface area (Å²) in [5.41, 5.74) is 1.53. The number of phenolic OH excluding ortho intramolecular Hbond substituents is 1. The molecule has 0 spiro atoms. The number of aromatic nitrogens is 1. The molecule has 3 amide bonds. The zero-order valence-electron chi connectivity index (χ0n) is 33.0. The van der Waals surface area contributed by atoms with Gasteiger partial charge >= 0.3 is 12.1 Å². The number of ketones is 2. The van der Waals surface area contributed by atoms with Crippen LogP contribution in [0, 0.1) is 11.8 Å². The monoisotopic (exact) mass is 802 g/mol. The molecule has 6 rings (SSSR count). The molecule has 308 valence electrons. The first-order chi connectivity index (χ1) is 27.1. The van der Waals surface area contributed by atoms with E-state index >= 15 is 0 Å². The number of aliphatic hydroxyl groups is 3. The zero-order valence-corrected chi connectivity index (χ0v) is 33.0. The van der Waals surface area contributed by atoms with Gasteiger partial charge in [-0.05, 0) is 77.4 Å². The van der Waals surface area contributed by atoms with Gasteiger partial charge in [0.1, 0.15) is 35.1 Å². The van der Waals surface area contributed by atoms with Gasteiger partial charge in [0, 0.05) is 47.7 Å². The fourth-order valence-corrected chi connectivity index (χ4v) is 8.17. The molecule has 2 aromatic carbocycles. The Morgan fingerprint density at radius 2 is 1.69 bits per heavy atom. The number of primary amides is 1. The fourth-order valence-electron chi connectivity index (χ4n) is 8.17. The normalized spacial score (nSPS) is 21.6. The Morgan fingerprint density at radius 1 is 1.02 bits per heavy atom. The number of nitrogens with one attached hydrogen (secondary N) is 2. The lowest BCUT2D eigenvalue weighted by atomic mass is 9.57. The summed E-state index contributed by atoms with van der Waals surface area (Å²) in [5, 5.41) is 49.9. The highest BCUT2D eigenvalue weighted by atomic mass is 16.7. The number of aliphatic hydroxyl groups excluding tert-OH is 2. The van der Waals surface area contributed by atoms with Crippen molar-refractivity contribution in [2.75, 3.05) is 51.7 Å². The van der Waals surface area contributed by atoms with Gasteiger partial charge in [0.2, 0.25) is 18.5 Å². The van der Waals surface area contributed by atoms with Crippen molar-refractivity contribution in [2.24, 2.45) is 17.6 Å². The number of fused-ring (bicyclic) bond motifs is 4. The summed E-state index contributed by atoms with van der Waals surface area (Å²) in [7, 11) is 6.38. The van der Waals surface area contributed by atoms with Gasteiger partial charge in [0.25, 0.3) is 5.91 Å². The van der Waals surface area contributed by atoms with Crippen LogP contribution in [0.1, 0.15) is 48.8 Å². The van der Waals surface area contributed by atoms with E-state index in [9.17, 15) is 49.2 Å². The number of amides is 3. The first kappa shape index (κ1) is 41.2. The molecule has 0 saturated heterocycles. The van der Waals surface area contributed by atoms with E-state index in [2.05, 4.69) is 10.3 Å². The topological polar surface area (TPSA) is 265 Å². The minimum Gasteiger partial charge on any atom is -0.508 e. The molecule has 3 aromatic rings. The lowest BCUT2D eigenvalue weighted by Gasteiger charge is -2.50. The van der Waals surface area contributed by atoms with Gasteiger partial charge in [-0.1, -0.05) is 18.2 Å². The molecule has 0 unspecified atom stereocenters. The largest absolute Gasteiger partial charge is 0.508 e. The number of anilines is 2. The van der Waals surface area contributed by atoms with Crippen LogP contribution >= 0.6 is 0 Å². The molecule has 3 aliphatic rings. The Hall–Kier alpha value is -6.40. The molecule has 0 aliphatic heterocycles. The number of esters is 1. The number of carbonyl (C=O) groups excluding carboxylic acids is 6. The molecule has 4 atom stereocenters. The number of aromatic hydroxyl groups is 1. The Morgan fingerprint density at radius 3 is 2.29 bits per heavy atom. The van der Waals surface area contributed by atoms with Gasteiger partial charge in [0.15, 0.2) is 11.4 Å². The van der Waals surface area contributed by atoms with Crippen molar-refractivity contribution in [1.29, 1.82) is 0 Å². The molecule has 0 bridgehead atoms. The quantitative estimate of drug-likeness (QED) is 0.0710. The number of para-hydroxylation sites is 1. The van der Waals surface area contributed by atoms with Crippen molar-refractivity contribution in [3.8, 4) is 5.75 Å². The molecule has 18 heteroatoms. The zero-order chi connectivity index (χ0) is 42.8. The maximum absolute atomic E-state index is 14.3. The highest BCUT2D eigenvalue weighted by Crippen LogP contribution is 2.54. The van der Waals surface area contributed by atoms with Crippen LogP contribution in [0.4, 0.5) is 16.2 Å². The van der Waals surface area contributed by atoms with E-state index < -0.39 is 101 Å². The Bertz CT molecular complexity index is 2300. The molecule has 18 nitrogen and oxygen atoms in total. The van der Waals surface area contributed by atoms with Crippen LogP contribution in [-0.4, -0.2) is 129 Å². The van der Waals surface area contributed by atoms with Crippen molar-refractivity contribution >= 4 is 63.5 Å². The molecular formula is C40H46N6O12. The van der Waals surface area contributed by atoms with Crippen LogP contribution in [0.25, 0.3) is 16.7 Å². The average Bonchev–Trinajstić information content (AvgIpc) is 3.57. The van der Waals surface area contributed by atoms with Crippen LogP contribution in [0.2, 0.25) is 0 Å². The second kappa shape index (κ2) is 14.8. The van der Waals surface area contributed by atoms with Crippen LogP contribution in [0.15, 0.2) is 53.3 Å². The number of aromatic amines is 1. The lowest BCUT2D eigenvalue weighted by Crippen LogP contribution is -2.65. The Balaban J connectivity index is 1.26. The van der Waals surface area contributed by atoms with Crippen molar-refractivity contribution in [3.05, 3.63) is 70.1 Å². The minimum absolute atomic E-state index is 0.0261. The smallest absolute Gasteiger partial charge is 0.413 e. The predicted molar refractivity (Wildman–Crippen MR) is 209 cm³/mol. The third kappa shape index (κ3) is 6.87. The number of H-pyrrole nitrogens is 1. The second-order valence-corrected chi connectivity index (χ2v) is 16.0. The Labute approximate surface area is 332 Å². The molecular weight excluding hydrogens is 756 g/mol. The van der Waals surface area contributed by atoms with Gasteiger partial charge < -0.3 is 50.8 Å². The highest BCUT2D eigenvalue weighted by molar-refractivity contribution is 6.24. The van der Waals surface area contributed by atoms with Crippen LogP contribution in [0.5, 0.6) is 5.75 Å². The van der Waals surface area contributed by atoms with E-state index in [0.717, 1.165) is 10.3 Å². The number of nitrogens with two attached hydrogens (primary N) is 1. The van der Waals surface area contributed by atoms with E-state index in [0.29, 0.717) is 16.8 Å². The molecule has 3 aliphatic carbocycles. The number of hydrogen-bond acceptors (Lipinski definition) is 14. The molecule has 1 heterocycles. The summed E-state index contributed by atoms with van der Waals surface area (Å²) < 4.78 is 10.3. The fraction of sp³-hybridized carbons (Fsp3) is 0.400. The van der Waals surface area contributed by atoms with Gasteiger partial charge in [-0.15, -0.1) is 0 Å². The Kier molecular flexibility index (Phi) is 10.5. The molecule has 1 saturated carbocycles. The van der Waals surface area contributed by atoms with Crippen molar-refractivity contribution < 1.29 is 58.7 Å². The van der Waals surface area contributed by atoms with Crippen molar-refractivity contribution in [1.82, 2.24) is 14.8 Å². The van der Waals surface area contributed by atoms with Crippen LogP contribution in [-0.2, 0) is 35.1 Å².